The molecular formula is C9H15N3O3S2. The van der Waals surface area contributed by atoms with Crippen LogP contribution in [0.15, 0.2) is 5.16 Å². The molecule has 1 atom stereocenters. The summed E-state index contributed by atoms with van der Waals surface area (Å²) < 4.78 is 14.4. The van der Waals surface area contributed by atoms with Gasteiger partial charge in [-0.15, -0.1) is 0 Å². The predicted molar refractivity (Wildman–Crippen MR) is 66.8 cm³/mol. The van der Waals surface area contributed by atoms with E-state index in [-0.39, 0.29) is 11.3 Å². The maximum atomic E-state index is 11.4. The minimum absolute atomic E-state index is 0.0876. The van der Waals surface area contributed by atoms with Crippen LogP contribution in [0.25, 0.3) is 0 Å². The van der Waals surface area contributed by atoms with Gasteiger partial charge in [-0.2, -0.15) is 9.36 Å². The van der Waals surface area contributed by atoms with Gasteiger partial charge in [0.25, 0.3) is 10.4 Å². The Kier molecular flexibility index (Phi) is 5.66. The van der Waals surface area contributed by atoms with Gasteiger partial charge < -0.3 is 14.4 Å². The Balaban J connectivity index is 2.50. The molecule has 0 radical (unpaired) electrons. The lowest BCUT2D eigenvalue weighted by molar-refractivity contribution is 0.0916. The third-order valence-electron chi connectivity index (χ3n) is 1.64. The maximum Gasteiger partial charge on any atom is 0.294 e. The summed E-state index contributed by atoms with van der Waals surface area (Å²) in [7, 11) is 4.97. The molecule has 0 spiro atoms. The monoisotopic (exact) mass is 277 g/mol. The Bertz CT molecular complexity index is 370. The van der Waals surface area contributed by atoms with E-state index in [4.69, 9.17) is 9.47 Å². The van der Waals surface area contributed by atoms with E-state index in [1.54, 1.807) is 21.2 Å². The van der Waals surface area contributed by atoms with Crippen molar-refractivity contribution in [2.75, 3.05) is 27.8 Å². The van der Waals surface area contributed by atoms with E-state index in [1.165, 1.54) is 4.90 Å². The highest BCUT2D eigenvalue weighted by molar-refractivity contribution is 8.13. The molecular weight excluding hydrogens is 262 g/mol. The van der Waals surface area contributed by atoms with Crippen LogP contribution in [0.3, 0.4) is 0 Å². The molecule has 0 fully saturated rings. The molecule has 1 aromatic heterocycles. The van der Waals surface area contributed by atoms with E-state index >= 15 is 0 Å². The minimum atomic E-state index is -0.112. The molecule has 0 saturated carbocycles. The molecule has 8 heteroatoms. The Morgan fingerprint density at radius 2 is 2.29 bits per heavy atom. The number of hydrogen-bond donors (Lipinski definition) is 0. The van der Waals surface area contributed by atoms with Crippen LogP contribution in [0.2, 0.25) is 0 Å². The lowest BCUT2D eigenvalue weighted by Gasteiger charge is -2.09. The summed E-state index contributed by atoms with van der Waals surface area (Å²) in [4.78, 5) is 17.0. The average Bonchev–Trinajstić information content (AvgIpc) is 2.65. The summed E-state index contributed by atoms with van der Waals surface area (Å²) in [6.07, 6.45) is -0.0876. The molecule has 17 heavy (non-hydrogen) atoms. The molecule has 0 aliphatic carbocycles. The van der Waals surface area contributed by atoms with E-state index < -0.39 is 0 Å². The van der Waals surface area contributed by atoms with Crippen LogP contribution >= 0.6 is 23.3 Å². The fourth-order valence-electron chi connectivity index (χ4n) is 0.897. The first-order valence-corrected chi connectivity index (χ1v) is 6.50. The third-order valence-corrected chi connectivity index (χ3v) is 3.26. The first-order valence-electron chi connectivity index (χ1n) is 4.91. The second-order valence-corrected chi connectivity index (χ2v) is 5.12. The highest BCUT2D eigenvalue weighted by Gasteiger charge is 2.14. The van der Waals surface area contributed by atoms with Crippen LogP contribution in [-0.4, -0.2) is 53.4 Å². The largest absolute Gasteiger partial charge is 0.464 e. The molecule has 0 saturated heterocycles. The van der Waals surface area contributed by atoms with Gasteiger partial charge in [-0.25, -0.2) is 0 Å². The van der Waals surface area contributed by atoms with Crippen molar-refractivity contribution in [2.24, 2.45) is 0 Å². The molecule has 0 bridgehead atoms. The predicted octanol–water partition coefficient (Wildman–Crippen LogP) is 1.73. The van der Waals surface area contributed by atoms with Crippen molar-refractivity contribution in [3.63, 3.8) is 0 Å². The highest BCUT2D eigenvalue weighted by atomic mass is 32.2. The zero-order chi connectivity index (χ0) is 12.8. The first-order chi connectivity index (χ1) is 8.02. The number of nitrogens with zero attached hydrogens (tertiary/aromatic N) is 3. The average molecular weight is 277 g/mol. The first kappa shape index (κ1) is 14.2. The number of carbonyl (C=O) groups excluding carboxylic acids is 1. The number of amides is 1. The molecule has 1 amide bonds. The number of ether oxygens (including phenoxy) is 2. The molecule has 1 rings (SSSR count). The Morgan fingerprint density at radius 1 is 1.59 bits per heavy atom. The van der Waals surface area contributed by atoms with Gasteiger partial charge in [0.1, 0.15) is 6.10 Å². The highest BCUT2D eigenvalue weighted by Crippen LogP contribution is 2.24. The third kappa shape index (κ3) is 4.88. The van der Waals surface area contributed by atoms with E-state index in [2.05, 4.69) is 9.36 Å². The smallest absolute Gasteiger partial charge is 0.294 e. The number of thioether (sulfide) groups is 1. The van der Waals surface area contributed by atoms with Crippen LogP contribution < -0.4 is 4.74 Å². The van der Waals surface area contributed by atoms with Gasteiger partial charge in [0.05, 0.1) is 6.61 Å². The molecule has 0 aliphatic heterocycles. The van der Waals surface area contributed by atoms with Gasteiger partial charge in [0.15, 0.2) is 0 Å². The van der Waals surface area contributed by atoms with Gasteiger partial charge in [-0.05, 0) is 6.92 Å². The van der Waals surface area contributed by atoms with Crippen LogP contribution in [0.4, 0.5) is 4.79 Å². The SMILES string of the molecule is COCC(C)Oc1nc(SC(=O)N(C)C)ns1. The van der Waals surface area contributed by atoms with Crippen LogP contribution in [0.5, 0.6) is 5.19 Å². The van der Waals surface area contributed by atoms with E-state index in [0.29, 0.717) is 17.0 Å². The molecule has 0 aliphatic rings. The topological polar surface area (TPSA) is 64.6 Å². The summed E-state index contributed by atoms with van der Waals surface area (Å²) in [5, 5.41) is 0.746. The normalized spacial score (nSPS) is 12.2. The second kappa shape index (κ2) is 6.77. The Morgan fingerprint density at radius 3 is 2.88 bits per heavy atom. The standard InChI is InChI=1S/C9H15N3O3S2/c1-6(5-14-4)15-8-10-7(11-17-8)16-9(13)12(2)3/h6H,5H2,1-4H3. The van der Waals surface area contributed by atoms with Crippen LogP contribution in [-0.2, 0) is 4.74 Å². The lowest BCUT2D eigenvalue weighted by atomic mass is 10.4. The summed E-state index contributed by atoms with van der Waals surface area (Å²) in [5.41, 5.74) is 0. The van der Waals surface area contributed by atoms with Gasteiger partial charge in [0.2, 0.25) is 5.16 Å². The van der Waals surface area contributed by atoms with Gasteiger partial charge >= 0.3 is 0 Å². The van der Waals surface area contributed by atoms with Gasteiger partial charge in [0, 0.05) is 44.5 Å². The van der Waals surface area contributed by atoms with E-state index in [0.717, 1.165) is 23.3 Å². The van der Waals surface area contributed by atoms with Crippen molar-refractivity contribution in [3.05, 3.63) is 0 Å². The quantitative estimate of drug-likeness (QED) is 0.764. The molecule has 6 nitrogen and oxygen atoms in total. The van der Waals surface area contributed by atoms with Gasteiger partial charge in [-0.1, -0.05) is 0 Å². The van der Waals surface area contributed by atoms with E-state index in [9.17, 15) is 4.79 Å². The fraction of sp³-hybridized carbons (Fsp3) is 0.667. The van der Waals surface area contributed by atoms with Crippen LogP contribution in [0.1, 0.15) is 6.92 Å². The molecule has 1 heterocycles. The summed E-state index contributed by atoms with van der Waals surface area (Å²) in [5.74, 6) is 0. The number of aromatic nitrogens is 2. The van der Waals surface area contributed by atoms with E-state index in [1.807, 2.05) is 6.92 Å². The lowest BCUT2D eigenvalue weighted by Crippen LogP contribution is -2.18. The fourth-order valence-corrected chi connectivity index (χ4v) is 2.21. The zero-order valence-corrected chi connectivity index (χ0v) is 11.8. The van der Waals surface area contributed by atoms with Crippen molar-refractivity contribution >= 4 is 28.5 Å². The van der Waals surface area contributed by atoms with Gasteiger partial charge in [-0.3, -0.25) is 4.79 Å². The summed E-state index contributed by atoms with van der Waals surface area (Å²) in [6.45, 7) is 2.36. The van der Waals surface area contributed by atoms with Crippen molar-refractivity contribution in [3.8, 4) is 5.19 Å². The van der Waals surface area contributed by atoms with Crippen molar-refractivity contribution in [1.29, 1.82) is 0 Å². The molecule has 1 aromatic rings. The van der Waals surface area contributed by atoms with Crippen molar-refractivity contribution in [1.82, 2.24) is 14.3 Å². The molecule has 0 N–H and O–H groups in total. The summed E-state index contributed by atoms with van der Waals surface area (Å²) in [6, 6.07) is 0. The number of carbonyl (C=O) groups is 1. The van der Waals surface area contributed by atoms with Crippen LogP contribution in [0, 0.1) is 0 Å². The molecule has 96 valence electrons. The molecule has 1 unspecified atom stereocenters. The van der Waals surface area contributed by atoms with Crippen molar-refractivity contribution < 1.29 is 14.3 Å². The zero-order valence-electron chi connectivity index (χ0n) is 10.2. The Labute approximate surface area is 108 Å². The minimum Gasteiger partial charge on any atom is -0.464 e. The number of methoxy groups -OCH3 is 1. The second-order valence-electron chi connectivity index (χ2n) is 3.49. The summed E-state index contributed by atoms with van der Waals surface area (Å²) >= 11 is 2.10. The maximum absolute atomic E-state index is 11.4. The Hall–Kier alpha value is -0.860. The molecule has 0 aromatic carbocycles. The number of hydrogen-bond acceptors (Lipinski definition) is 7. The number of rotatable bonds is 5. The van der Waals surface area contributed by atoms with Crippen molar-refractivity contribution in [2.45, 2.75) is 18.2 Å².